The summed E-state index contributed by atoms with van der Waals surface area (Å²) in [5.74, 6) is 0.382. The van der Waals surface area contributed by atoms with Gasteiger partial charge in [0.2, 0.25) is 0 Å². The number of halogens is 3. The molecule has 0 saturated heterocycles. The van der Waals surface area contributed by atoms with E-state index in [0.717, 1.165) is 19.3 Å². The van der Waals surface area contributed by atoms with E-state index in [1.807, 2.05) is 0 Å². The number of alkyl halides is 3. The Morgan fingerprint density at radius 1 is 1.35 bits per heavy atom. The molecule has 0 aromatic carbocycles. The maximum Gasteiger partial charge on any atom is 0.523 e. The van der Waals surface area contributed by atoms with Gasteiger partial charge in [-0.1, -0.05) is 0 Å². The van der Waals surface area contributed by atoms with E-state index in [0.29, 0.717) is 12.9 Å². The van der Waals surface area contributed by atoms with Gasteiger partial charge in [-0.05, 0) is 25.5 Å². The molecule has 1 aliphatic carbocycles. The van der Waals surface area contributed by atoms with Gasteiger partial charge < -0.3 is 0 Å². The van der Waals surface area contributed by atoms with Crippen LogP contribution in [0.15, 0.2) is 0 Å². The Balaban J connectivity index is 0.000000302. The van der Waals surface area contributed by atoms with Gasteiger partial charge in [0.1, 0.15) is 0 Å². The quantitative estimate of drug-likeness (QED) is 0.411. The lowest BCUT2D eigenvalue weighted by atomic mass is 9.99. The summed E-state index contributed by atoms with van der Waals surface area (Å²) >= 11 is 3.35. The first-order valence-electron chi connectivity index (χ1n) is 4.72. The number of hydrogen-bond donors (Lipinski definition) is 0. The summed E-state index contributed by atoms with van der Waals surface area (Å²) in [6.45, 7) is 0. The summed E-state index contributed by atoms with van der Waals surface area (Å²) in [6, 6.07) is 0. The minimum atomic E-state index is -5.34. The fourth-order valence-electron chi connectivity index (χ4n) is 1.08. The van der Waals surface area contributed by atoms with Crippen LogP contribution in [-0.4, -0.2) is 32.1 Å². The Hall–Kier alpha value is -0.280. The number of rotatable bonds is 1. The van der Waals surface area contributed by atoms with Crippen molar-refractivity contribution in [2.24, 2.45) is 0 Å². The molecule has 9 heteroatoms. The van der Waals surface area contributed by atoms with Gasteiger partial charge in [-0.2, -0.15) is 21.6 Å². The van der Waals surface area contributed by atoms with E-state index in [-0.39, 0.29) is 5.25 Å². The van der Waals surface area contributed by atoms with Crippen LogP contribution in [0.5, 0.6) is 0 Å². The molecule has 0 aromatic rings. The van der Waals surface area contributed by atoms with E-state index in [4.69, 9.17) is 0 Å². The van der Waals surface area contributed by atoms with Gasteiger partial charge in [0.15, 0.2) is 11.0 Å². The summed E-state index contributed by atoms with van der Waals surface area (Å²) in [5.41, 5.74) is -5.30. The molecule has 0 aromatic heterocycles. The minimum Gasteiger partial charge on any atom is -0.294 e. The third kappa shape index (κ3) is 5.73. The van der Waals surface area contributed by atoms with Crippen LogP contribution < -0.4 is 0 Å². The summed E-state index contributed by atoms with van der Waals surface area (Å²) in [5, 5.41) is 0.170. The van der Waals surface area contributed by atoms with Crippen LogP contribution in [0, 0.1) is 0 Å². The highest BCUT2D eigenvalue weighted by atomic mass is 32.2. The molecule has 1 rings (SSSR count). The van der Waals surface area contributed by atoms with Gasteiger partial charge in [-0.3, -0.25) is 8.98 Å². The van der Waals surface area contributed by atoms with Crippen molar-refractivity contribution in [2.75, 3.05) is 7.11 Å². The van der Waals surface area contributed by atoms with Crippen LogP contribution in [0.2, 0.25) is 0 Å². The van der Waals surface area contributed by atoms with Gasteiger partial charge in [-0.15, -0.1) is 0 Å². The second kappa shape index (κ2) is 6.60. The molecule has 0 spiro atoms. The average molecular weight is 295 g/mol. The molecule has 102 valence electrons. The number of carbonyl (C=O) groups is 1. The van der Waals surface area contributed by atoms with Crippen molar-refractivity contribution in [3.8, 4) is 0 Å². The Kier molecular flexibility index (Phi) is 6.49. The first kappa shape index (κ1) is 16.7. The third-order valence-electron chi connectivity index (χ3n) is 2.06. The molecule has 0 heterocycles. The SMILES string of the molecule is COS(=O)(=O)C(F)(F)F.O=C1CCCCC1[SH2+]. The van der Waals surface area contributed by atoms with E-state index in [2.05, 4.69) is 16.8 Å². The maximum atomic E-state index is 11.1. The molecule has 4 nitrogen and oxygen atoms in total. The Bertz CT molecular complexity index is 350. The van der Waals surface area contributed by atoms with Crippen LogP contribution >= 0.6 is 0 Å². The van der Waals surface area contributed by atoms with E-state index >= 15 is 0 Å². The zero-order chi connectivity index (χ0) is 13.7. The van der Waals surface area contributed by atoms with E-state index in [1.54, 1.807) is 0 Å². The van der Waals surface area contributed by atoms with Gasteiger partial charge in [0.25, 0.3) is 0 Å². The van der Waals surface area contributed by atoms with E-state index in [1.165, 1.54) is 6.42 Å². The molecule has 1 aliphatic rings. The zero-order valence-electron chi connectivity index (χ0n) is 9.08. The van der Waals surface area contributed by atoms with Crippen LogP contribution in [0.4, 0.5) is 13.2 Å². The van der Waals surface area contributed by atoms with Crippen molar-refractivity contribution >= 4 is 28.5 Å². The van der Waals surface area contributed by atoms with Crippen LogP contribution in [0.1, 0.15) is 25.7 Å². The number of ketones is 1. The Morgan fingerprint density at radius 2 is 1.88 bits per heavy atom. The third-order valence-corrected chi connectivity index (χ3v) is 3.67. The highest BCUT2D eigenvalue weighted by Crippen LogP contribution is 2.23. The normalized spacial score (nSPS) is 21.7. The van der Waals surface area contributed by atoms with Crippen molar-refractivity contribution in [1.82, 2.24) is 0 Å². The highest BCUT2D eigenvalue weighted by Gasteiger charge is 2.46. The fourth-order valence-corrected chi connectivity index (χ4v) is 1.61. The molecular weight excluding hydrogens is 281 g/mol. The van der Waals surface area contributed by atoms with Crippen molar-refractivity contribution in [2.45, 2.75) is 36.4 Å². The lowest BCUT2D eigenvalue weighted by Crippen LogP contribution is -2.23. The number of Topliss-reactive ketones (excluding diaryl/α,β-unsaturated/α-hetero) is 1. The topological polar surface area (TPSA) is 60.4 Å². The minimum absolute atomic E-state index is 0.170. The lowest BCUT2D eigenvalue weighted by molar-refractivity contribution is -0.119. The second-order valence-corrected chi connectivity index (χ2v) is 5.73. The molecule has 1 fully saturated rings. The average Bonchev–Trinajstić information content (AvgIpc) is 2.22. The molecule has 0 amide bonds. The summed E-state index contributed by atoms with van der Waals surface area (Å²) in [6.07, 6.45) is 4.13. The first-order valence-corrected chi connectivity index (χ1v) is 6.71. The monoisotopic (exact) mass is 295 g/mol. The molecule has 0 bridgehead atoms. The lowest BCUT2D eigenvalue weighted by Gasteiger charge is -2.09. The Labute approximate surface area is 103 Å². The van der Waals surface area contributed by atoms with Gasteiger partial charge in [0.05, 0.1) is 7.11 Å². The summed E-state index contributed by atoms with van der Waals surface area (Å²) < 4.78 is 55.9. The molecular formula is C8H14F3O4S2+. The van der Waals surface area contributed by atoms with Crippen molar-refractivity contribution in [1.29, 1.82) is 0 Å². The van der Waals surface area contributed by atoms with E-state index in [9.17, 15) is 26.4 Å². The highest BCUT2D eigenvalue weighted by molar-refractivity contribution is 7.87. The molecule has 0 N–H and O–H groups in total. The van der Waals surface area contributed by atoms with Crippen LogP contribution in [0.3, 0.4) is 0 Å². The molecule has 1 atom stereocenters. The molecule has 1 unspecified atom stereocenters. The molecule has 17 heavy (non-hydrogen) atoms. The molecule has 1 saturated carbocycles. The van der Waals surface area contributed by atoms with Gasteiger partial charge in [0, 0.05) is 12.8 Å². The van der Waals surface area contributed by atoms with Gasteiger partial charge >= 0.3 is 15.6 Å². The van der Waals surface area contributed by atoms with Crippen molar-refractivity contribution in [3.63, 3.8) is 0 Å². The predicted octanol–water partition coefficient (Wildman–Crippen LogP) is 0.992. The largest absolute Gasteiger partial charge is 0.523 e. The van der Waals surface area contributed by atoms with Crippen LogP contribution in [0.25, 0.3) is 0 Å². The maximum absolute atomic E-state index is 11.1. The van der Waals surface area contributed by atoms with Crippen molar-refractivity contribution in [3.05, 3.63) is 0 Å². The summed E-state index contributed by atoms with van der Waals surface area (Å²) in [4.78, 5) is 10.7. The van der Waals surface area contributed by atoms with Gasteiger partial charge in [-0.25, -0.2) is 0 Å². The van der Waals surface area contributed by atoms with E-state index < -0.39 is 15.6 Å². The first-order chi connectivity index (χ1) is 7.62. The molecule has 0 aliphatic heterocycles. The Morgan fingerprint density at radius 3 is 2.06 bits per heavy atom. The zero-order valence-corrected chi connectivity index (χ0v) is 10.9. The number of hydrogen-bond acceptors (Lipinski definition) is 4. The standard InChI is InChI=1S/C6H10OS.C2H3F3O3S/c7-5-3-1-2-4-6(5)8;1-8-9(6,7)2(3,4)5/h6,8H,1-4H2;1H3/p+1. The fraction of sp³-hybridized carbons (Fsp3) is 0.875. The van der Waals surface area contributed by atoms with Crippen LogP contribution in [-0.2, 0) is 31.7 Å². The smallest absolute Gasteiger partial charge is 0.294 e. The second-order valence-electron chi connectivity index (χ2n) is 3.33. The predicted molar refractivity (Wildman–Crippen MR) is 59.4 cm³/mol. The molecule has 0 radical (unpaired) electrons. The number of carbonyl (C=O) groups excluding carboxylic acids is 1. The summed E-state index contributed by atoms with van der Waals surface area (Å²) in [7, 11) is -4.89. The van der Waals surface area contributed by atoms with Crippen molar-refractivity contribution < 1.29 is 30.6 Å².